The number of hydrogen-bond acceptors (Lipinski definition) is 3. The minimum Gasteiger partial charge on any atom is -0.360 e. The third-order valence-electron chi connectivity index (χ3n) is 4.61. The van der Waals surface area contributed by atoms with Gasteiger partial charge in [-0.05, 0) is 36.5 Å². The average molecular weight is 373 g/mol. The van der Waals surface area contributed by atoms with Crippen LogP contribution in [0.5, 0.6) is 0 Å². The summed E-state index contributed by atoms with van der Waals surface area (Å²) in [5.41, 5.74) is 2.01. The summed E-state index contributed by atoms with van der Waals surface area (Å²) >= 11 is 0. The molecule has 2 aromatic carbocycles. The van der Waals surface area contributed by atoms with Crippen molar-refractivity contribution in [2.45, 2.75) is 24.2 Å². The summed E-state index contributed by atoms with van der Waals surface area (Å²) < 4.78 is 55.2. The molecule has 0 atom stereocenters. The van der Waals surface area contributed by atoms with Gasteiger partial charge in [-0.25, -0.2) is 17.2 Å². The highest BCUT2D eigenvalue weighted by Gasteiger charge is 2.24. The zero-order valence-electron chi connectivity index (χ0n) is 13.4. The van der Waals surface area contributed by atoms with Gasteiger partial charge >= 0.3 is 0 Å². The summed E-state index contributed by atoms with van der Waals surface area (Å²) in [7, 11) is -4.14. The van der Waals surface area contributed by atoms with E-state index in [1.165, 1.54) is 17.8 Å². The molecule has 0 amide bonds. The quantitative estimate of drug-likeness (QED) is 0.735. The lowest BCUT2D eigenvalue weighted by atomic mass is 10.1. The van der Waals surface area contributed by atoms with E-state index in [-0.39, 0.29) is 4.90 Å². The summed E-state index contributed by atoms with van der Waals surface area (Å²) in [5, 5.41) is 9.22. The van der Waals surface area contributed by atoms with Gasteiger partial charge in [0.1, 0.15) is 22.6 Å². The van der Waals surface area contributed by atoms with Crippen molar-refractivity contribution in [3.05, 3.63) is 58.8 Å². The Bertz CT molecular complexity index is 1190. The van der Waals surface area contributed by atoms with Crippen molar-refractivity contribution in [1.29, 1.82) is 5.26 Å². The van der Waals surface area contributed by atoms with Crippen molar-refractivity contribution in [2.75, 3.05) is 4.72 Å². The topological polar surface area (TPSA) is 85.8 Å². The number of benzene rings is 2. The van der Waals surface area contributed by atoms with Crippen LogP contribution in [0, 0.1) is 23.0 Å². The smallest absolute Gasteiger partial charge is 0.264 e. The molecular formula is C18H13F2N3O2S. The summed E-state index contributed by atoms with van der Waals surface area (Å²) in [6, 6.07) is 6.46. The minimum absolute atomic E-state index is 0.0358. The molecule has 0 saturated carbocycles. The number of fused-ring (bicyclic) bond motifs is 3. The first-order valence-corrected chi connectivity index (χ1v) is 9.43. The molecule has 0 radical (unpaired) electrons. The summed E-state index contributed by atoms with van der Waals surface area (Å²) in [4.78, 5) is 2.96. The summed E-state index contributed by atoms with van der Waals surface area (Å²) in [6.45, 7) is 0. The Morgan fingerprint density at radius 1 is 1.15 bits per heavy atom. The second kappa shape index (κ2) is 5.81. The number of rotatable bonds is 3. The Morgan fingerprint density at radius 2 is 1.96 bits per heavy atom. The third kappa shape index (κ3) is 2.52. The lowest BCUT2D eigenvalue weighted by Crippen LogP contribution is -2.14. The van der Waals surface area contributed by atoms with E-state index in [2.05, 4.69) is 9.71 Å². The Balaban J connectivity index is 1.78. The van der Waals surface area contributed by atoms with E-state index >= 15 is 0 Å². The number of aryl methyl sites for hydroxylation is 2. The highest BCUT2D eigenvalue weighted by molar-refractivity contribution is 7.93. The van der Waals surface area contributed by atoms with Crippen molar-refractivity contribution >= 4 is 26.6 Å². The summed E-state index contributed by atoms with van der Waals surface area (Å²) in [6.07, 6.45) is 4.20. The molecule has 1 aliphatic rings. The van der Waals surface area contributed by atoms with Gasteiger partial charge < -0.3 is 4.98 Å². The van der Waals surface area contributed by atoms with E-state index in [4.69, 9.17) is 5.26 Å². The van der Waals surface area contributed by atoms with Crippen LogP contribution >= 0.6 is 0 Å². The number of halogens is 2. The molecule has 3 aromatic rings. The standard InChI is InChI=1S/C18H13F2N3O2S/c19-14-7-16(15(20)6-11(14)8-21)23-26(24,25)17-9-22-18-12-3-1-2-10(12)4-5-13(17)18/h4-7,9,22-23H,1-3H2. The van der Waals surface area contributed by atoms with Crippen LogP contribution in [0.4, 0.5) is 14.5 Å². The number of H-pyrrole nitrogens is 1. The van der Waals surface area contributed by atoms with Crippen LogP contribution in [-0.2, 0) is 22.9 Å². The van der Waals surface area contributed by atoms with E-state index in [1.54, 1.807) is 6.07 Å². The minimum atomic E-state index is -4.14. The highest BCUT2D eigenvalue weighted by Crippen LogP contribution is 2.33. The summed E-state index contributed by atoms with van der Waals surface area (Å²) in [5.74, 6) is -2.02. The van der Waals surface area contributed by atoms with E-state index in [1.807, 2.05) is 6.07 Å². The van der Waals surface area contributed by atoms with Gasteiger partial charge in [0.05, 0.1) is 16.8 Å². The molecule has 4 rings (SSSR count). The molecule has 0 saturated heterocycles. The monoisotopic (exact) mass is 373 g/mol. The number of hydrogen-bond donors (Lipinski definition) is 2. The van der Waals surface area contributed by atoms with Gasteiger partial charge in [0.15, 0.2) is 0 Å². The Kier molecular flexibility index (Phi) is 3.70. The Labute approximate surface area is 148 Å². The van der Waals surface area contributed by atoms with Gasteiger partial charge in [-0.3, -0.25) is 4.72 Å². The maximum Gasteiger partial charge on any atom is 0.264 e. The number of anilines is 1. The van der Waals surface area contributed by atoms with E-state index in [0.717, 1.165) is 30.3 Å². The zero-order chi connectivity index (χ0) is 18.5. The molecule has 0 bridgehead atoms. The van der Waals surface area contributed by atoms with E-state index in [0.29, 0.717) is 17.5 Å². The maximum atomic E-state index is 14.0. The van der Waals surface area contributed by atoms with Crippen LogP contribution in [0.1, 0.15) is 23.1 Å². The number of nitrogens with one attached hydrogen (secondary N) is 2. The first-order valence-electron chi connectivity index (χ1n) is 7.94. The fourth-order valence-corrected chi connectivity index (χ4v) is 4.61. The molecule has 1 aromatic heterocycles. The first kappa shape index (κ1) is 16.5. The van der Waals surface area contributed by atoms with Crippen LogP contribution in [0.2, 0.25) is 0 Å². The van der Waals surface area contributed by atoms with Gasteiger partial charge in [0, 0.05) is 17.6 Å². The van der Waals surface area contributed by atoms with Crippen LogP contribution < -0.4 is 4.72 Å². The fraction of sp³-hybridized carbons (Fsp3) is 0.167. The molecule has 8 heteroatoms. The molecule has 0 spiro atoms. The van der Waals surface area contributed by atoms with Gasteiger partial charge in [-0.15, -0.1) is 0 Å². The van der Waals surface area contributed by atoms with Crippen molar-refractivity contribution < 1.29 is 17.2 Å². The van der Waals surface area contributed by atoms with Crippen molar-refractivity contribution in [3.63, 3.8) is 0 Å². The molecular weight excluding hydrogens is 360 g/mol. The van der Waals surface area contributed by atoms with Gasteiger partial charge in [0.25, 0.3) is 10.0 Å². The highest BCUT2D eigenvalue weighted by atomic mass is 32.2. The number of aromatic nitrogens is 1. The third-order valence-corrected chi connectivity index (χ3v) is 6.01. The number of aromatic amines is 1. The largest absolute Gasteiger partial charge is 0.360 e. The first-order chi connectivity index (χ1) is 12.4. The normalized spacial score (nSPS) is 13.6. The van der Waals surface area contributed by atoms with Crippen molar-refractivity contribution in [3.8, 4) is 6.07 Å². The molecule has 0 fully saturated rings. The molecule has 1 heterocycles. The van der Waals surface area contributed by atoms with Gasteiger partial charge in [0.2, 0.25) is 0 Å². The van der Waals surface area contributed by atoms with Gasteiger partial charge in [-0.1, -0.05) is 12.1 Å². The van der Waals surface area contributed by atoms with Crippen LogP contribution in [-0.4, -0.2) is 13.4 Å². The SMILES string of the molecule is N#Cc1cc(F)c(NS(=O)(=O)c2c[nH]c3c4c(ccc23)CCC4)cc1F. The molecule has 26 heavy (non-hydrogen) atoms. The number of nitrogens with zero attached hydrogens (tertiary/aromatic N) is 1. The molecule has 0 aliphatic heterocycles. The fourth-order valence-electron chi connectivity index (χ4n) is 3.38. The predicted molar refractivity (Wildman–Crippen MR) is 92.2 cm³/mol. The van der Waals surface area contributed by atoms with Gasteiger partial charge in [-0.2, -0.15) is 5.26 Å². The lowest BCUT2D eigenvalue weighted by molar-refractivity contribution is 0.593. The lowest BCUT2D eigenvalue weighted by Gasteiger charge is -2.09. The zero-order valence-corrected chi connectivity index (χ0v) is 14.3. The second-order valence-electron chi connectivity index (χ2n) is 6.16. The molecule has 132 valence electrons. The van der Waals surface area contributed by atoms with E-state index in [9.17, 15) is 17.2 Å². The maximum absolute atomic E-state index is 14.0. The Hall–Kier alpha value is -2.92. The van der Waals surface area contributed by atoms with Crippen molar-refractivity contribution in [2.24, 2.45) is 0 Å². The van der Waals surface area contributed by atoms with Crippen LogP contribution in [0.25, 0.3) is 10.9 Å². The Morgan fingerprint density at radius 3 is 2.73 bits per heavy atom. The molecule has 0 unspecified atom stereocenters. The number of sulfonamides is 1. The molecule has 2 N–H and O–H groups in total. The van der Waals surface area contributed by atoms with Crippen LogP contribution in [0.15, 0.2) is 35.4 Å². The molecule has 5 nitrogen and oxygen atoms in total. The molecule has 1 aliphatic carbocycles. The second-order valence-corrected chi connectivity index (χ2v) is 7.81. The number of nitriles is 1. The predicted octanol–water partition coefficient (Wildman–Crippen LogP) is 3.61. The van der Waals surface area contributed by atoms with E-state index < -0.39 is 32.9 Å². The van der Waals surface area contributed by atoms with Crippen molar-refractivity contribution in [1.82, 2.24) is 4.98 Å². The van der Waals surface area contributed by atoms with Crippen LogP contribution in [0.3, 0.4) is 0 Å². The average Bonchev–Trinajstić information content (AvgIpc) is 3.23.